The van der Waals surface area contributed by atoms with E-state index in [0.29, 0.717) is 0 Å². The fourth-order valence-corrected chi connectivity index (χ4v) is 0.258. The summed E-state index contributed by atoms with van der Waals surface area (Å²) in [6, 6.07) is 0. The van der Waals surface area contributed by atoms with E-state index in [1.165, 1.54) is 0 Å². The molecule has 0 unspecified atom stereocenters. The predicted molar refractivity (Wildman–Crippen MR) is 33.9 cm³/mol. The second-order valence-corrected chi connectivity index (χ2v) is 1.31. The molecule has 0 aliphatic carbocycles. The number of carbonyl (C=O) groups excluding carboxylic acids is 2. The average Bonchev–Trinajstić information content (AvgIpc) is 1.88. The Morgan fingerprint density at radius 2 is 2.30 bits per heavy atom. The van der Waals surface area contributed by atoms with Crippen molar-refractivity contribution in [3.63, 3.8) is 0 Å². The first-order valence-electron chi connectivity index (χ1n) is 2.53. The van der Waals surface area contributed by atoms with E-state index in [1.807, 2.05) is 5.32 Å². The van der Waals surface area contributed by atoms with Crippen molar-refractivity contribution in [2.45, 2.75) is 0 Å². The van der Waals surface area contributed by atoms with E-state index in [1.54, 1.807) is 0 Å². The third kappa shape index (κ3) is 3.62. The molecule has 0 aromatic heterocycles. The number of hydrogen-bond acceptors (Lipinski definition) is 4. The maximum absolute atomic E-state index is 10.3. The molecule has 10 heavy (non-hydrogen) atoms. The monoisotopic (exact) mass is 144 g/mol. The molecule has 0 heterocycles. The van der Waals surface area contributed by atoms with Gasteiger partial charge in [0.1, 0.15) is 0 Å². The van der Waals surface area contributed by atoms with Gasteiger partial charge in [-0.15, -0.1) is 0 Å². The van der Waals surface area contributed by atoms with E-state index in [2.05, 4.69) is 11.3 Å². The first kappa shape index (κ1) is 8.64. The molecule has 0 atom stereocenters. The van der Waals surface area contributed by atoms with Crippen molar-refractivity contribution in [2.75, 3.05) is 6.54 Å². The van der Waals surface area contributed by atoms with Crippen molar-refractivity contribution in [3.05, 3.63) is 12.8 Å². The predicted octanol–water partition coefficient (Wildman–Crippen LogP) is -0.659. The van der Waals surface area contributed by atoms with Crippen LogP contribution in [-0.4, -0.2) is 18.6 Å². The Balaban J connectivity index is 3.57. The molecule has 0 rings (SSSR count). The number of esters is 1. The number of alkyl carbamates (subject to hydrolysis) is 1. The summed E-state index contributed by atoms with van der Waals surface area (Å²) in [5, 5.41) is 2.04. The van der Waals surface area contributed by atoms with E-state index in [9.17, 15) is 9.59 Å². The van der Waals surface area contributed by atoms with E-state index in [4.69, 9.17) is 5.73 Å². The fourth-order valence-electron chi connectivity index (χ4n) is 0.258. The Labute approximate surface area is 57.8 Å². The molecule has 3 N–H and O–H groups in total. The Kier molecular flexibility index (Phi) is 3.90. The van der Waals surface area contributed by atoms with Crippen LogP contribution in [0.2, 0.25) is 0 Å². The second-order valence-electron chi connectivity index (χ2n) is 1.31. The van der Waals surface area contributed by atoms with Crippen molar-refractivity contribution in [2.24, 2.45) is 5.73 Å². The summed E-state index contributed by atoms with van der Waals surface area (Å²) in [5.41, 5.74) is 4.84. The molecule has 5 nitrogen and oxygen atoms in total. The van der Waals surface area contributed by atoms with E-state index >= 15 is 0 Å². The SMILES string of the molecule is C=CNC(=O)OC(=O)CN. The van der Waals surface area contributed by atoms with E-state index in [-0.39, 0.29) is 6.54 Å². The number of hydrogen-bond donors (Lipinski definition) is 2. The third-order valence-electron chi connectivity index (χ3n) is 0.593. The van der Waals surface area contributed by atoms with Gasteiger partial charge in [-0.2, -0.15) is 0 Å². The van der Waals surface area contributed by atoms with Crippen molar-refractivity contribution in [3.8, 4) is 0 Å². The molecule has 56 valence electrons. The smallest absolute Gasteiger partial charge is 0.375 e. The number of carbonyl (C=O) groups is 2. The molecule has 0 bridgehead atoms. The van der Waals surface area contributed by atoms with Crippen LogP contribution in [0.1, 0.15) is 0 Å². The Bertz CT molecular complexity index is 155. The fraction of sp³-hybridized carbons (Fsp3) is 0.200. The van der Waals surface area contributed by atoms with Crippen molar-refractivity contribution in [1.29, 1.82) is 0 Å². The molecule has 0 spiro atoms. The molecule has 0 aromatic rings. The zero-order valence-electron chi connectivity index (χ0n) is 5.29. The second kappa shape index (κ2) is 4.51. The molecule has 0 aromatic carbocycles. The zero-order valence-corrected chi connectivity index (χ0v) is 5.29. The highest BCUT2D eigenvalue weighted by molar-refractivity contribution is 5.85. The number of amides is 1. The van der Waals surface area contributed by atoms with Gasteiger partial charge in [-0.25, -0.2) is 4.79 Å². The number of nitrogens with two attached hydrogens (primary N) is 1. The standard InChI is InChI=1S/C5H8N2O3/c1-2-7-5(9)10-4(8)3-6/h2H,1,3,6H2,(H,7,9). The van der Waals surface area contributed by atoms with Crippen LogP contribution >= 0.6 is 0 Å². The Hall–Kier alpha value is -1.36. The summed E-state index contributed by atoms with van der Waals surface area (Å²) in [5.74, 6) is -0.778. The minimum atomic E-state index is -0.870. The van der Waals surface area contributed by atoms with Crippen LogP contribution in [0.4, 0.5) is 4.79 Å². The minimum Gasteiger partial charge on any atom is -0.375 e. The van der Waals surface area contributed by atoms with Crippen molar-refractivity contribution >= 4 is 12.1 Å². The largest absolute Gasteiger partial charge is 0.418 e. The first-order valence-corrected chi connectivity index (χ1v) is 2.53. The quantitative estimate of drug-likeness (QED) is 0.398. The highest BCUT2D eigenvalue weighted by Crippen LogP contribution is 1.76. The maximum atomic E-state index is 10.3. The van der Waals surface area contributed by atoms with E-state index in [0.717, 1.165) is 6.20 Å². The number of ether oxygens (including phenoxy) is 1. The van der Waals surface area contributed by atoms with Crippen LogP contribution < -0.4 is 11.1 Å². The zero-order chi connectivity index (χ0) is 7.98. The van der Waals surface area contributed by atoms with Gasteiger partial charge in [0.25, 0.3) is 0 Å². The van der Waals surface area contributed by atoms with Crippen LogP contribution in [0.15, 0.2) is 12.8 Å². The van der Waals surface area contributed by atoms with Gasteiger partial charge >= 0.3 is 12.1 Å². The van der Waals surface area contributed by atoms with Gasteiger partial charge in [-0.05, 0) is 6.20 Å². The van der Waals surface area contributed by atoms with Gasteiger partial charge in [0.15, 0.2) is 0 Å². The lowest BCUT2D eigenvalue weighted by molar-refractivity contribution is -0.135. The van der Waals surface area contributed by atoms with Gasteiger partial charge in [0.2, 0.25) is 0 Å². The summed E-state index contributed by atoms with van der Waals surface area (Å²) in [4.78, 5) is 20.6. The van der Waals surface area contributed by atoms with Gasteiger partial charge in [-0.1, -0.05) is 6.58 Å². The van der Waals surface area contributed by atoms with E-state index < -0.39 is 12.1 Å². The summed E-state index contributed by atoms with van der Waals surface area (Å²) >= 11 is 0. The van der Waals surface area contributed by atoms with Crippen molar-refractivity contribution in [1.82, 2.24) is 5.32 Å². The molecule has 0 saturated heterocycles. The van der Waals surface area contributed by atoms with Gasteiger partial charge in [0, 0.05) is 0 Å². The molecule has 0 radical (unpaired) electrons. The normalized spacial score (nSPS) is 8.10. The highest BCUT2D eigenvalue weighted by Gasteiger charge is 2.04. The molecule has 0 fully saturated rings. The van der Waals surface area contributed by atoms with Gasteiger partial charge < -0.3 is 10.5 Å². The van der Waals surface area contributed by atoms with Crippen LogP contribution in [0.5, 0.6) is 0 Å². The molecule has 0 aliphatic heterocycles. The number of nitrogens with one attached hydrogen (secondary N) is 1. The first-order chi connectivity index (χ1) is 4.70. The topological polar surface area (TPSA) is 81.4 Å². The summed E-state index contributed by atoms with van der Waals surface area (Å²) < 4.78 is 4.05. The molecular formula is C5H8N2O3. The van der Waals surface area contributed by atoms with Crippen LogP contribution in [0.3, 0.4) is 0 Å². The lowest BCUT2D eigenvalue weighted by atomic mass is 10.7. The van der Waals surface area contributed by atoms with Gasteiger partial charge in [0.05, 0.1) is 6.54 Å². The maximum Gasteiger partial charge on any atom is 0.418 e. The molecule has 0 aliphatic rings. The van der Waals surface area contributed by atoms with Crippen molar-refractivity contribution < 1.29 is 14.3 Å². The summed E-state index contributed by atoms with van der Waals surface area (Å²) in [6.07, 6.45) is 0.233. The minimum absolute atomic E-state index is 0.315. The third-order valence-corrected chi connectivity index (χ3v) is 0.593. The van der Waals surface area contributed by atoms with Gasteiger partial charge in [-0.3, -0.25) is 10.1 Å². The molecule has 0 saturated carbocycles. The molecule has 5 heteroatoms. The summed E-state index contributed by atoms with van der Waals surface area (Å²) in [6.45, 7) is 2.86. The van der Waals surface area contributed by atoms with Crippen LogP contribution in [0.25, 0.3) is 0 Å². The molecular weight excluding hydrogens is 136 g/mol. The van der Waals surface area contributed by atoms with Crippen LogP contribution in [-0.2, 0) is 9.53 Å². The Morgan fingerprint density at radius 1 is 1.70 bits per heavy atom. The summed E-state index contributed by atoms with van der Waals surface area (Å²) in [7, 11) is 0. The lowest BCUT2D eigenvalue weighted by Gasteiger charge is -1.97. The van der Waals surface area contributed by atoms with Crippen LogP contribution in [0, 0.1) is 0 Å². The highest BCUT2D eigenvalue weighted by atomic mass is 16.6. The molecule has 1 amide bonds. The lowest BCUT2D eigenvalue weighted by Crippen LogP contribution is -2.26. The Morgan fingerprint density at radius 3 is 2.70 bits per heavy atom. The average molecular weight is 144 g/mol. The number of rotatable bonds is 2.